The maximum atomic E-state index is 12.1. The second kappa shape index (κ2) is 6.57. The third-order valence-corrected chi connectivity index (χ3v) is 4.23. The van der Waals surface area contributed by atoms with Crippen molar-refractivity contribution in [3.05, 3.63) is 21.9 Å². The molecule has 0 radical (unpaired) electrons. The molecule has 0 fully saturated rings. The third kappa shape index (κ3) is 3.52. The number of carboxylic acid groups (broad SMARTS) is 1. The van der Waals surface area contributed by atoms with Crippen molar-refractivity contribution >= 4 is 29.2 Å². The monoisotopic (exact) mass is 311 g/mol. The normalized spacial score (nSPS) is 17.0. The van der Waals surface area contributed by atoms with Gasteiger partial charge in [0.25, 0.3) is 0 Å². The van der Waals surface area contributed by atoms with Crippen LogP contribution < -0.4 is 10.6 Å². The van der Waals surface area contributed by atoms with Crippen molar-refractivity contribution in [3.8, 4) is 0 Å². The Morgan fingerprint density at radius 1 is 1.38 bits per heavy atom. The van der Waals surface area contributed by atoms with Gasteiger partial charge in [-0.25, -0.2) is 9.59 Å². The van der Waals surface area contributed by atoms with Gasteiger partial charge in [-0.3, -0.25) is 4.79 Å². The number of fused-ring (bicyclic) bond motifs is 1. The molecule has 3 amide bonds. The second-order valence-electron chi connectivity index (χ2n) is 4.70. The molecule has 0 spiro atoms. The molecule has 0 bridgehead atoms. The lowest BCUT2D eigenvalue weighted by molar-refractivity contribution is -0.142. The smallest absolute Gasteiger partial charge is 0.331 e. The van der Waals surface area contributed by atoms with E-state index in [9.17, 15) is 19.5 Å². The molecule has 1 aliphatic rings. The SMILES string of the molecule is CC(=O)NCCNC(=O)N1CCc2sccc2C1C(=O)O. The first-order valence-electron chi connectivity index (χ1n) is 6.58. The van der Waals surface area contributed by atoms with Crippen LogP contribution in [0.3, 0.4) is 0 Å². The molecule has 114 valence electrons. The van der Waals surface area contributed by atoms with Gasteiger partial charge in [0.1, 0.15) is 0 Å². The number of thiophene rings is 1. The Kier molecular flexibility index (Phi) is 4.79. The lowest BCUT2D eigenvalue weighted by Crippen LogP contribution is -2.49. The second-order valence-corrected chi connectivity index (χ2v) is 5.70. The fraction of sp³-hybridized carbons (Fsp3) is 0.462. The molecule has 7 nitrogen and oxygen atoms in total. The lowest BCUT2D eigenvalue weighted by atomic mass is 10.0. The van der Waals surface area contributed by atoms with Crippen molar-refractivity contribution in [2.75, 3.05) is 19.6 Å². The van der Waals surface area contributed by atoms with Gasteiger partial charge in [-0.1, -0.05) is 0 Å². The van der Waals surface area contributed by atoms with Crippen molar-refractivity contribution < 1.29 is 19.5 Å². The van der Waals surface area contributed by atoms with Crippen LogP contribution in [0.25, 0.3) is 0 Å². The first kappa shape index (κ1) is 15.3. The molecule has 1 unspecified atom stereocenters. The zero-order valence-electron chi connectivity index (χ0n) is 11.6. The van der Waals surface area contributed by atoms with E-state index >= 15 is 0 Å². The zero-order chi connectivity index (χ0) is 15.4. The van der Waals surface area contributed by atoms with E-state index in [2.05, 4.69) is 10.6 Å². The van der Waals surface area contributed by atoms with Crippen molar-refractivity contribution in [3.63, 3.8) is 0 Å². The summed E-state index contributed by atoms with van der Waals surface area (Å²) in [6.07, 6.45) is 0.663. The van der Waals surface area contributed by atoms with Gasteiger partial charge in [0.2, 0.25) is 5.91 Å². The molecule has 1 aliphatic heterocycles. The summed E-state index contributed by atoms with van der Waals surface area (Å²) in [5.74, 6) is -1.21. The summed E-state index contributed by atoms with van der Waals surface area (Å²) in [6, 6.07) is 0.389. The van der Waals surface area contributed by atoms with Crippen molar-refractivity contribution in [2.24, 2.45) is 0 Å². The van der Waals surface area contributed by atoms with Gasteiger partial charge in [-0.05, 0) is 23.4 Å². The summed E-state index contributed by atoms with van der Waals surface area (Å²) in [4.78, 5) is 36.7. The molecule has 0 aromatic carbocycles. The molecule has 2 heterocycles. The zero-order valence-corrected chi connectivity index (χ0v) is 12.4. The summed E-state index contributed by atoms with van der Waals surface area (Å²) in [7, 11) is 0. The fourth-order valence-corrected chi connectivity index (χ4v) is 3.21. The predicted octanol–water partition coefficient (Wildman–Crippen LogP) is 0.578. The number of nitrogens with one attached hydrogen (secondary N) is 2. The van der Waals surface area contributed by atoms with Gasteiger partial charge < -0.3 is 20.6 Å². The number of nitrogens with zero attached hydrogens (tertiary/aromatic N) is 1. The molecule has 1 aromatic rings. The van der Waals surface area contributed by atoms with E-state index in [0.717, 1.165) is 4.88 Å². The molecular formula is C13H17N3O4S. The van der Waals surface area contributed by atoms with Gasteiger partial charge in [0, 0.05) is 31.4 Å². The van der Waals surface area contributed by atoms with Gasteiger partial charge in [-0.15, -0.1) is 11.3 Å². The Balaban J connectivity index is 2.00. The first-order chi connectivity index (χ1) is 10.0. The quantitative estimate of drug-likeness (QED) is 0.708. The van der Waals surface area contributed by atoms with Crippen LogP contribution >= 0.6 is 11.3 Å². The largest absolute Gasteiger partial charge is 0.479 e. The molecule has 0 saturated heterocycles. The van der Waals surface area contributed by atoms with Crippen molar-refractivity contribution in [1.29, 1.82) is 0 Å². The van der Waals surface area contributed by atoms with E-state index in [0.29, 0.717) is 25.1 Å². The number of urea groups is 1. The lowest BCUT2D eigenvalue weighted by Gasteiger charge is -2.33. The number of aliphatic carboxylic acids is 1. The number of carboxylic acids is 1. The third-order valence-electron chi connectivity index (χ3n) is 3.24. The van der Waals surface area contributed by atoms with E-state index in [-0.39, 0.29) is 12.5 Å². The molecule has 8 heteroatoms. The number of carbonyl (C=O) groups excluding carboxylic acids is 2. The van der Waals surface area contributed by atoms with Crippen LogP contribution in [-0.2, 0) is 16.0 Å². The van der Waals surface area contributed by atoms with E-state index in [1.54, 1.807) is 6.07 Å². The highest BCUT2D eigenvalue weighted by atomic mass is 32.1. The number of hydrogen-bond acceptors (Lipinski definition) is 4. The van der Waals surface area contributed by atoms with Crippen molar-refractivity contribution in [2.45, 2.75) is 19.4 Å². The highest BCUT2D eigenvalue weighted by Crippen LogP contribution is 2.33. The van der Waals surface area contributed by atoms with Crippen LogP contribution in [0.4, 0.5) is 4.79 Å². The number of rotatable bonds is 4. The predicted molar refractivity (Wildman–Crippen MR) is 77.2 cm³/mol. The number of amides is 3. The Hall–Kier alpha value is -2.09. The maximum absolute atomic E-state index is 12.1. The standard InChI is InChI=1S/C13H17N3O4S/c1-8(17)14-4-5-15-13(20)16-6-2-10-9(3-7-21-10)11(16)12(18)19/h3,7,11H,2,4-6H2,1H3,(H,14,17)(H,15,20)(H,18,19). The molecular weight excluding hydrogens is 294 g/mol. The minimum atomic E-state index is -1.04. The van der Waals surface area contributed by atoms with E-state index in [1.807, 2.05) is 5.38 Å². The van der Waals surface area contributed by atoms with Crippen molar-refractivity contribution in [1.82, 2.24) is 15.5 Å². The number of hydrogen-bond donors (Lipinski definition) is 3. The summed E-state index contributed by atoms with van der Waals surface area (Å²) in [6.45, 7) is 2.34. The molecule has 21 heavy (non-hydrogen) atoms. The Morgan fingerprint density at radius 2 is 2.10 bits per heavy atom. The highest BCUT2D eigenvalue weighted by Gasteiger charge is 2.36. The average Bonchev–Trinajstić information content (AvgIpc) is 2.89. The van der Waals surface area contributed by atoms with Crippen LogP contribution in [0, 0.1) is 0 Å². The average molecular weight is 311 g/mol. The first-order valence-corrected chi connectivity index (χ1v) is 7.46. The van der Waals surface area contributed by atoms with Crippen LogP contribution in [-0.4, -0.2) is 47.5 Å². The number of carbonyl (C=O) groups is 3. The highest BCUT2D eigenvalue weighted by molar-refractivity contribution is 7.10. The van der Waals surface area contributed by atoms with Gasteiger partial charge in [-0.2, -0.15) is 0 Å². The molecule has 0 saturated carbocycles. The fourth-order valence-electron chi connectivity index (χ4n) is 2.31. The molecule has 2 rings (SSSR count). The molecule has 1 atom stereocenters. The maximum Gasteiger partial charge on any atom is 0.331 e. The summed E-state index contributed by atoms with van der Waals surface area (Å²) in [5, 5.41) is 16.4. The van der Waals surface area contributed by atoms with Crippen LogP contribution in [0.5, 0.6) is 0 Å². The van der Waals surface area contributed by atoms with Crippen LogP contribution in [0.1, 0.15) is 23.4 Å². The minimum Gasteiger partial charge on any atom is -0.479 e. The van der Waals surface area contributed by atoms with Crippen LogP contribution in [0.2, 0.25) is 0 Å². The molecule has 1 aromatic heterocycles. The Morgan fingerprint density at radius 3 is 2.76 bits per heavy atom. The van der Waals surface area contributed by atoms with Gasteiger partial charge in [0.15, 0.2) is 6.04 Å². The Bertz CT molecular complexity index is 557. The molecule has 0 aliphatic carbocycles. The van der Waals surface area contributed by atoms with Crippen LogP contribution in [0.15, 0.2) is 11.4 Å². The summed E-state index contributed by atoms with van der Waals surface area (Å²) < 4.78 is 0. The van der Waals surface area contributed by atoms with Gasteiger partial charge in [0.05, 0.1) is 0 Å². The minimum absolute atomic E-state index is 0.173. The molecule has 3 N–H and O–H groups in total. The van der Waals surface area contributed by atoms with E-state index in [1.165, 1.54) is 23.2 Å². The summed E-state index contributed by atoms with van der Waals surface area (Å²) in [5.41, 5.74) is 0.691. The van der Waals surface area contributed by atoms with Gasteiger partial charge >= 0.3 is 12.0 Å². The van der Waals surface area contributed by atoms with E-state index in [4.69, 9.17) is 0 Å². The van der Waals surface area contributed by atoms with E-state index < -0.39 is 18.0 Å². The Labute approximate surface area is 125 Å². The summed E-state index contributed by atoms with van der Waals surface area (Å²) >= 11 is 1.52. The topological polar surface area (TPSA) is 98.7 Å².